The van der Waals surface area contributed by atoms with Crippen LogP contribution in [-0.2, 0) is 11.3 Å². The molecule has 1 aromatic heterocycles. The van der Waals surface area contributed by atoms with E-state index in [1.54, 1.807) is 17.3 Å². The maximum Gasteiger partial charge on any atom is 0.239 e. The highest BCUT2D eigenvalue weighted by Crippen LogP contribution is 2.09. The Morgan fingerprint density at radius 3 is 2.94 bits per heavy atom. The lowest BCUT2D eigenvalue weighted by Crippen LogP contribution is -2.41. The highest BCUT2D eigenvalue weighted by molar-refractivity contribution is 5.81. The number of rotatable bonds is 3. The minimum absolute atomic E-state index is 0.0202. The molecule has 1 N–H and O–H groups in total. The SMILES string of the molecule is CN(Cc1ccncc1)C(=O)[C@@H]1CCCN1. The third kappa shape index (κ3) is 2.58. The van der Waals surface area contributed by atoms with E-state index in [0.717, 1.165) is 24.9 Å². The third-order valence-corrected chi connectivity index (χ3v) is 2.90. The molecule has 2 rings (SSSR count). The van der Waals surface area contributed by atoms with Crippen molar-refractivity contribution >= 4 is 5.91 Å². The van der Waals surface area contributed by atoms with E-state index in [-0.39, 0.29) is 11.9 Å². The monoisotopic (exact) mass is 219 g/mol. The first-order valence-electron chi connectivity index (χ1n) is 5.64. The molecule has 0 aromatic carbocycles. The van der Waals surface area contributed by atoms with Gasteiger partial charge in [-0.15, -0.1) is 0 Å². The molecule has 0 aliphatic carbocycles. The number of nitrogens with zero attached hydrogens (tertiary/aromatic N) is 2. The Balaban J connectivity index is 1.92. The largest absolute Gasteiger partial charge is 0.340 e. The van der Waals surface area contributed by atoms with E-state index >= 15 is 0 Å². The molecule has 2 heterocycles. The summed E-state index contributed by atoms with van der Waals surface area (Å²) in [5.74, 6) is 0.189. The van der Waals surface area contributed by atoms with Gasteiger partial charge in [-0.3, -0.25) is 9.78 Å². The summed E-state index contributed by atoms with van der Waals surface area (Å²) in [4.78, 5) is 17.7. The van der Waals surface area contributed by atoms with Crippen LogP contribution in [0.15, 0.2) is 24.5 Å². The van der Waals surface area contributed by atoms with Crippen molar-refractivity contribution in [3.05, 3.63) is 30.1 Å². The fourth-order valence-electron chi connectivity index (χ4n) is 2.00. The van der Waals surface area contributed by atoms with E-state index in [4.69, 9.17) is 0 Å². The van der Waals surface area contributed by atoms with Gasteiger partial charge in [0.15, 0.2) is 0 Å². The van der Waals surface area contributed by atoms with Crippen molar-refractivity contribution in [3.63, 3.8) is 0 Å². The van der Waals surface area contributed by atoms with Gasteiger partial charge in [-0.1, -0.05) is 0 Å². The van der Waals surface area contributed by atoms with Crippen molar-refractivity contribution in [3.8, 4) is 0 Å². The summed E-state index contributed by atoms with van der Waals surface area (Å²) in [6.45, 7) is 1.61. The highest BCUT2D eigenvalue weighted by Gasteiger charge is 2.24. The van der Waals surface area contributed by atoms with E-state index in [9.17, 15) is 4.79 Å². The van der Waals surface area contributed by atoms with Crippen LogP contribution in [0.1, 0.15) is 18.4 Å². The summed E-state index contributed by atoms with van der Waals surface area (Å²) in [7, 11) is 1.85. The molecule has 1 amide bonds. The zero-order chi connectivity index (χ0) is 11.4. The van der Waals surface area contributed by atoms with Crippen molar-refractivity contribution in [2.24, 2.45) is 0 Å². The molecule has 1 atom stereocenters. The minimum Gasteiger partial charge on any atom is -0.340 e. The number of carbonyl (C=O) groups is 1. The van der Waals surface area contributed by atoms with Gasteiger partial charge in [0, 0.05) is 26.0 Å². The molecular weight excluding hydrogens is 202 g/mol. The Labute approximate surface area is 95.7 Å². The number of aromatic nitrogens is 1. The molecule has 0 bridgehead atoms. The maximum atomic E-state index is 12.0. The summed E-state index contributed by atoms with van der Waals surface area (Å²) < 4.78 is 0. The zero-order valence-electron chi connectivity index (χ0n) is 9.52. The first kappa shape index (κ1) is 11.1. The van der Waals surface area contributed by atoms with Gasteiger partial charge in [0.25, 0.3) is 0 Å². The lowest BCUT2D eigenvalue weighted by atomic mass is 10.2. The molecule has 1 saturated heterocycles. The van der Waals surface area contributed by atoms with Gasteiger partial charge in [-0.05, 0) is 37.1 Å². The number of nitrogens with one attached hydrogen (secondary N) is 1. The van der Waals surface area contributed by atoms with Crippen LogP contribution >= 0.6 is 0 Å². The second-order valence-electron chi connectivity index (χ2n) is 4.20. The first-order valence-corrected chi connectivity index (χ1v) is 5.64. The number of likely N-dealkylation sites (N-methyl/N-ethyl adjacent to an activating group) is 1. The number of pyridine rings is 1. The molecule has 1 fully saturated rings. The summed E-state index contributed by atoms with van der Waals surface area (Å²) in [6, 6.07) is 3.89. The van der Waals surface area contributed by atoms with Crippen LogP contribution in [0, 0.1) is 0 Å². The van der Waals surface area contributed by atoms with Gasteiger partial charge in [0.05, 0.1) is 6.04 Å². The Kier molecular flexibility index (Phi) is 3.51. The fraction of sp³-hybridized carbons (Fsp3) is 0.500. The Bertz CT molecular complexity index is 347. The molecule has 86 valence electrons. The van der Waals surface area contributed by atoms with Gasteiger partial charge < -0.3 is 10.2 Å². The van der Waals surface area contributed by atoms with E-state index in [1.165, 1.54) is 0 Å². The smallest absolute Gasteiger partial charge is 0.239 e. The number of amides is 1. The van der Waals surface area contributed by atoms with Gasteiger partial charge in [0.2, 0.25) is 5.91 Å². The average molecular weight is 219 g/mol. The second-order valence-corrected chi connectivity index (χ2v) is 4.20. The predicted octanol–water partition coefficient (Wildman–Crippen LogP) is 0.792. The van der Waals surface area contributed by atoms with Crippen LogP contribution in [0.3, 0.4) is 0 Å². The molecule has 16 heavy (non-hydrogen) atoms. The number of carbonyl (C=O) groups excluding carboxylic acids is 1. The zero-order valence-corrected chi connectivity index (χ0v) is 9.52. The molecule has 4 nitrogen and oxygen atoms in total. The fourth-order valence-corrected chi connectivity index (χ4v) is 2.00. The topological polar surface area (TPSA) is 45.2 Å². The Hall–Kier alpha value is -1.42. The molecule has 0 radical (unpaired) electrons. The van der Waals surface area contributed by atoms with Crippen LogP contribution in [0.4, 0.5) is 0 Å². The molecule has 1 aromatic rings. The van der Waals surface area contributed by atoms with Crippen LogP contribution in [0.2, 0.25) is 0 Å². The van der Waals surface area contributed by atoms with E-state index in [0.29, 0.717) is 6.54 Å². The summed E-state index contributed by atoms with van der Waals surface area (Å²) in [5, 5.41) is 3.22. The summed E-state index contributed by atoms with van der Waals surface area (Å²) in [5.41, 5.74) is 1.11. The number of hydrogen-bond acceptors (Lipinski definition) is 3. The van der Waals surface area contributed by atoms with Crippen molar-refractivity contribution in [2.75, 3.05) is 13.6 Å². The lowest BCUT2D eigenvalue weighted by molar-refractivity contribution is -0.132. The normalized spacial score (nSPS) is 19.7. The summed E-state index contributed by atoms with van der Waals surface area (Å²) in [6.07, 6.45) is 5.56. The summed E-state index contributed by atoms with van der Waals surface area (Å²) >= 11 is 0. The standard InChI is InChI=1S/C12H17N3O/c1-15(9-10-4-7-13-8-5-10)12(16)11-3-2-6-14-11/h4-5,7-8,11,14H,2-3,6,9H2,1H3/t11-/m0/s1. The van der Waals surface area contributed by atoms with Gasteiger partial charge in [-0.25, -0.2) is 0 Å². The molecular formula is C12H17N3O. The molecule has 0 saturated carbocycles. The van der Waals surface area contributed by atoms with Crippen LogP contribution in [0.5, 0.6) is 0 Å². The third-order valence-electron chi connectivity index (χ3n) is 2.90. The van der Waals surface area contributed by atoms with Gasteiger partial charge in [0.1, 0.15) is 0 Å². The van der Waals surface area contributed by atoms with Crippen LogP contribution in [-0.4, -0.2) is 35.4 Å². The molecule has 1 aliphatic heterocycles. The molecule has 0 unspecified atom stereocenters. The molecule has 4 heteroatoms. The minimum atomic E-state index is 0.0202. The van der Waals surface area contributed by atoms with Gasteiger partial charge >= 0.3 is 0 Å². The van der Waals surface area contributed by atoms with Crippen LogP contribution < -0.4 is 5.32 Å². The Morgan fingerprint density at radius 1 is 1.56 bits per heavy atom. The van der Waals surface area contributed by atoms with Crippen molar-refractivity contribution in [1.82, 2.24) is 15.2 Å². The Morgan fingerprint density at radius 2 is 2.31 bits per heavy atom. The quantitative estimate of drug-likeness (QED) is 0.817. The first-order chi connectivity index (χ1) is 7.77. The van der Waals surface area contributed by atoms with Crippen molar-refractivity contribution in [1.29, 1.82) is 0 Å². The van der Waals surface area contributed by atoms with Gasteiger partial charge in [-0.2, -0.15) is 0 Å². The lowest BCUT2D eigenvalue weighted by Gasteiger charge is -2.21. The average Bonchev–Trinajstić information content (AvgIpc) is 2.83. The number of hydrogen-bond donors (Lipinski definition) is 1. The van der Waals surface area contributed by atoms with Crippen molar-refractivity contribution in [2.45, 2.75) is 25.4 Å². The predicted molar refractivity (Wildman–Crippen MR) is 61.7 cm³/mol. The highest BCUT2D eigenvalue weighted by atomic mass is 16.2. The van der Waals surface area contributed by atoms with E-state index in [2.05, 4.69) is 10.3 Å². The maximum absolute atomic E-state index is 12.0. The van der Waals surface area contributed by atoms with Crippen molar-refractivity contribution < 1.29 is 4.79 Å². The molecule has 0 spiro atoms. The second kappa shape index (κ2) is 5.07. The van der Waals surface area contributed by atoms with E-state index in [1.807, 2.05) is 19.2 Å². The molecule has 1 aliphatic rings. The van der Waals surface area contributed by atoms with E-state index < -0.39 is 0 Å². The van der Waals surface area contributed by atoms with Crippen LogP contribution in [0.25, 0.3) is 0 Å².